The Morgan fingerprint density at radius 1 is 0.812 bits per heavy atom. The van der Waals surface area contributed by atoms with Gasteiger partial charge in [-0.2, -0.15) is 0 Å². The normalized spacial score (nSPS) is 18.8. The van der Waals surface area contributed by atoms with Crippen LogP contribution in [0.1, 0.15) is 69.2 Å². The number of carbonyl (C=O) groups is 2. The van der Waals surface area contributed by atoms with Crippen LogP contribution in [0.15, 0.2) is 138 Å². The second-order valence-corrected chi connectivity index (χ2v) is 13.3. The van der Waals surface area contributed by atoms with Crippen molar-refractivity contribution in [2.45, 2.75) is 64.9 Å². The van der Waals surface area contributed by atoms with Gasteiger partial charge in [-0.25, -0.2) is 9.79 Å². The van der Waals surface area contributed by atoms with E-state index < -0.39 is 11.9 Å². The highest BCUT2D eigenvalue weighted by molar-refractivity contribution is 6.14. The molecule has 4 atom stereocenters. The summed E-state index contributed by atoms with van der Waals surface area (Å²) < 4.78 is 12.1. The first kappa shape index (κ1) is 34.6. The van der Waals surface area contributed by atoms with Gasteiger partial charge < -0.3 is 9.47 Å². The molecule has 0 radical (unpaired) electrons. The minimum atomic E-state index is -0.763. The molecule has 0 amide bonds. The largest absolute Gasteiger partial charge is 0.462 e. The molecular formula is C43H47NO4. The van der Waals surface area contributed by atoms with Crippen molar-refractivity contribution in [3.05, 3.63) is 155 Å². The van der Waals surface area contributed by atoms with Gasteiger partial charge in [0.1, 0.15) is 11.8 Å². The monoisotopic (exact) mass is 641 g/mol. The molecule has 1 saturated carbocycles. The number of hydrogen-bond acceptors (Lipinski definition) is 5. The van der Waals surface area contributed by atoms with Crippen molar-refractivity contribution in [3.63, 3.8) is 0 Å². The van der Waals surface area contributed by atoms with Gasteiger partial charge in [0.05, 0.1) is 18.2 Å². The Labute approximate surface area is 285 Å². The van der Waals surface area contributed by atoms with Crippen LogP contribution in [0.4, 0.5) is 0 Å². The minimum Gasteiger partial charge on any atom is -0.462 e. The number of carbonyl (C=O) groups excluding carboxylic acids is 2. The van der Waals surface area contributed by atoms with E-state index in [0.29, 0.717) is 18.1 Å². The van der Waals surface area contributed by atoms with Crippen LogP contribution >= 0.6 is 0 Å². The van der Waals surface area contributed by atoms with Gasteiger partial charge in [-0.1, -0.05) is 149 Å². The smallest absolute Gasteiger partial charge is 0.356 e. The van der Waals surface area contributed by atoms with Crippen molar-refractivity contribution in [1.82, 2.24) is 0 Å². The molecule has 5 nitrogen and oxygen atoms in total. The molecular weight excluding hydrogens is 594 g/mol. The summed E-state index contributed by atoms with van der Waals surface area (Å²) in [5.41, 5.74) is 4.40. The van der Waals surface area contributed by atoms with Crippen molar-refractivity contribution in [2.75, 3.05) is 6.61 Å². The summed E-state index contributed by atoms with van der Waals surface area (Å²) in [6, 6.07) is 39.8. The Kier molecular flexibility index (Phi) is 11.8. The Morgan fingerprint density at radius 2 is 1.35 bits per heavy atom. The SMILES string of the molecule is CCOC(=O)/C(=C/[C@H](Cc1ccccc1)C(=O)OC1CC(C)CCC1C(C)(C)c1ccccc1)N=C(c1ccccc1)c1ccccc1. The number of hydrogen-bond donors (Lipinski definition) is 0. The summed E-state index contributed by atoms with van der Waals surface area (Å²) in [7, 11) is 0. The van der Waals surface area contributed by atoms with Crippen molar-refractivity contribution in [1.29, 1.82) is 0 Å². The van der Waals surface area contributed by atoms with Crippen LogP contribution in [0.25, 0.3) is 0 Å². The molecule has 0 heterocycles. The molecule has 0 bridgehead atoms. The number of esters is 2. The van der Waals surface area contributed by atoms with E-state index >= 15 is 0 Å². The Morgan fingerprint density at radius 3 is 1.92 bits per heavy atom. The number of rotatable bonds is 12. The molecule has 5 heteroatoms. The Bertz CT molecular complexity index is 1640. The van der Waals surface area contributed by atoms with E-state index in [1.165, 1.54) is 5.56 Å². The molecule has 4 aromatic rings. The Balaban J connectivity index is 1.56. The second-order valence-electron chi connectivity index (χ2n) is 13.3. The maximum Gasteiger partial charge on any atom is 0.356 e. The highest BCUT2D eigenvalue weighted by atomic mass is 16.5. The van der Waals surface area contributed by atoms with E-state index in [2.05, 4.69) is 45.0 Å². The van der Waals surface area contributed by atoms with E-state index in [9.17, 15) is 9.59 Å². The first-order valence-corrected chi connectivity index (χ1v) is 17.1. The summed E-state index contributed by atoms with van der Waals surface area (Å²) in [6.45, 7) is 8.70. The molecule has 0 aliphatic heterocycles. The van der Waals surface area contributed by atoms with Crippen molar-refractivity contribution in [2.24, 2.45) is 22.7 Å². The molecule has 0 saturated heterocycles. The highest BCUT2D eigenvalue weighted by Gasteiger charge is 2.42. The molecule has 0 spiro atoms. The summed E-state index contributed by atoms with van der Waals surface area (Å²) in [6.07, 6.45) is 4.61. The van der Waals surface area contributed by atoms with Gasteiger partial charge in [-0.3, -0.25) is 4.79 Å². The zero-order valence-corrected chi connectivity index (χ0v) is 28.5. The van der Waals surface area contributed by atoms with Crippen molar-refractivity contribution >= 4 is 17.7 Å². The van der Waals surface area contributed by atoms with Gasteiger partial charge in [0.2, 0.25) is 0 Å². The lowest BCUT2D eigenvalue weighted by Crippen LogP contribution is -2.44. The van der Waals surface area contributed by atoms with E-state index in [0.717, 1.165) is 36.0 Å². The average molecular weight is 642 g/mol. The molecule has 248 valence electrons. The van der Waals surface area contributed by atoms with Gasteiger partial charge in [-0.05, 0) is 54.7 Å². The van der Waals surface area contributed by atoms with Crippen molar-refractivity contribution < 1.29 is 19.1 Å². The van der Waals surface area contributed by atoms with Crippen LogP contribution in [-0.4, -0.2) is 30.4 Å². The number of nitrogens with zero attached hydrogens (tertiary/aromatic N) is 1. The van der Waals surface area contributed by atoms with E-state index in [4.69, 9.17) is 14.5 Å². The first-order chi connectivity index (χ1) is 23.3. The lowest BCUT2D eigenvalue weighted by Gasteiger charge is -2.44. The standard InChI is InChI=1S/C43H47NO4/c1-5-47-42(46)38(44-40(33-20-12-7-13-21-33)34-22-14-8-15-23-34)30-35(29-32-18-10-6-11-19-32)41(45)48-39-28-31(2)26-27-37(39)43(3,4)36-24-16-9-17-25-36/h6-25,30-31,35,37,39H,5,26-29H2,1-4H3/b38-30-/t31?,35-,37?,39?/m0/s1. The number of ether oxygens (including phenoxy) is 2. The minimum absolute atomic E-state index is 0.0793. The lowest BCUT2D eigenvalue weighted by molar-refractivity contribution is -0.159. The third-order valence-electron chi connectivity index (χ3n) is 9.54. The fourth-order valence-electron chi connectivity index (χ4n) is 6.84. The summed E-state index contributed by atoms with van der Waals surface area (Å²) in [5, 5.41) is 0. The number of aliphatic imine (C=N–C) groups is 1. The summed E-state index contributed by atoms with van der Waals surface area (Å²) in [5.74, 6) is -1.12. The van der Waals surface area contributed by atoms with Gasteiger partial charge in [0.25, 0.3) is 0 Å². The van der Waals surface area contributed by atoms with Crippen LogP contribution in [0.3, 0.4) is 0 Å². The molecule has 4 aromatic carbocycles. The fourth-order valence-corrected chi connectivity index (χ4v) is 6.84. The van der Waals surface area contributed by atoms with Gasteiger partial charge >= 0.3 is 11.9 Å². The molecule has 1 aliphatic carbocycles. The fraction of sp³-hybridized carbons (Fsp3) is 0.326. The molecule has 0 N–H and O–H groups in total. The van der Waals surface area contributed by atoms with Crippen LogP contribution in [0.5, 0.6) is 0 Å². The second kappa shape index (κ2) is 16.4. The molecule has 1 aliphatic rings. The lowest BCUT2D eigenvalue weighted by atomic mass is 9.64. The predicted molar refractivity (Wildman–Crippen MR) is 193 cm³/mol. The average Bonchev–Trinajstić information content (AvgIpc) is 3.11. The van der Waals surface area contributed by atoms with Gasteiger partial charge in [0.15, 0.2) is 0 Å². The third kappa shape index (κ3) is 8.77. The van der Waals surface area contributed by atoms with E-state index in [1.54, 1.807) is 13.0 Å². The maximum absolute atomic E-state index is 14.4. The molecule has 3 unspecified atom stereocenters. The first-order valence-electron chi connectivity index (χ1n) is 17.1. The number of benzene rings is 4. The van der Waals surface area contributed by atoms with Gasteiger partial charge in [-0.15, -0.1) is 0 Å². The van der Waals surface area contributed by atoms with Crippen molar-refractivity contribution in [3.8, 4) is 0 Å². The zero-order valence-electron chi connectivity index (χ0n) is 28.5. The van der Waals surface area contributed by atoms with Crippen LogP contribution < -0.4 is 0 Å². The van der Waals surface area contributed by atoms with Crippen LogP contribution in [0, 0.1) is 17.8 Å². The van der Waals surface area contributed by atoms with Crippen LogP contribution in [0.2, 0.25) is 0 Å². The van der Waals surface area contributed by atoms with Crippen LogP contribution in [-0.2, 0) is 30.9 Å². The highest BCUT2D eigenvalue weighted by Crippen LogP contribution is 2.44. The third-order valence-corrected chi connectivity index (χ3v) is 9.54. The maximum atomic E-state index is 14.4. The molecule has 48 heavy (non-hydrogen) atoms. The topological polar surface area (TPSA) is 65.0 Å². The Hall–Kier alpha value is -4.77. The van der Waals surface area contributed by atoms with E-state index in [1.807, 2.05) is 97.1 Å². The van der Waals surface area contributed by atoms with E-state index in [-0.39, 0.29) is 35.7 Å². The predicted octanol–water partition coefficient (Wildman–Crippen LogP) is 9.16. The molecule has 1 fully saturated rings. The summed E-state index contributed by atoms with van der Waals surface area (Å²) >= 11 is 0. The molecule has 5 rings (SSSR count). The molecule has 0 aromatic heterocycles. The van der Waals surface area contributed by atoms with Gasteiger partial charge in [0, 0.05) is 17.0 Å². The quantitative estimate of drug-likeness (QED) is 0.0879. The zero-order chi connectivity index (χ0) is 33.9. The summed E-state index contributed by atoms with van der Waals surface area (Å²) in [4.78, 5) is 32.9.